The van der Waals surface area contributed by atoms with Crippen LogP contribution < -0.4 is 11.1 Å². The number of rotatable bonds is 3. The van der Waals surface area contributed by atoms with E-state index >= 15 is 0 Å². The van der Waals surface area contributed by atoms with Gasteiger partial charge < -0.3 is 11.1 Å². The summed E-state index contributed by atoms with van der Waals surface area (Å²) in [7, 11) is 0. The number of nitrogens with one attached hydrogen (secondary N) is 1. The lowest BCUT2D eigenvalue weighted by molar-refractivity contribution is 0.861. The Morgan fingerprint density at radius 2 is 1.94 bits per heavy atom. The van der Waals surface area contributed by atoms with Crippen molar-refractivity contribution >= 4 is 11.8 Å². The summed E-state index contributed by atoms with van der Waals surface area (Å²) in [6.45, 7) is 2.06. The zero-order valence-electron chi connectivity index (χ0n) is 9.09. The second kappa shape index (κ2) is 4.61. The fourth-order valence-electron chi connectivity index (χ4n) is 1.46. The highest BCUT2D eigenvalue weighted by Gasteiger charge is 2.05. The average molecular weight is 214 g/mol. The molecule has 0 aliphatic carbocycles. The Morgan fingerprint density at radius 1 is 1.19 bits per heavy atom. The van der Waals surface area contributed by atoms with Crippen LogP contribution in [0.5, 0.6) is 0 Å². The molecule has 1 atom stereocenters. The van der Waals surface area contributed by atoms with Crippen molar-refractivity contribution in [2.75, 3.05) is 11.1 Å². The van der Waals surface area contributed by atoms with E-state index in [4.69, 9.17) is 5.73 Å². The van der Waals surface area contributed by atoms with Gasteiger partial charge in [0.15, 0.2) is 0 Å². The molecule has 0 aliphatic heterocycles. The molecule has 0 fully saturated rings. The molecule has 2 rings (SSSR count). The lowest BCUT2D eigenvalue weighted by Gasteiger charge is -2.13. The minimum Gasteiger partial charge on any atom is -0.384 e. The van der Waals surface area contributed by atoms with Crippen LogP contribution in [0.4, 0.5) is 11.8 Å². The Balaban J connectivity index is 2.11. The van der Waals surface area contributed by atoms with Crippen LogP contribution in [0.3, 0.4) is 0 Å². The Morgan fingerprint density at radius 3 is 2.62 bits per heavy atom. The van der Waals surface area contributed by atoms with E-state index < -0.39 is 0 Å². The van der Waals surface area contributed by atoms with Gasteiger partial charge in [-0.3, -0.25) is 0 Å². The Labute approximate surface area is 94.5 Å². The zero-order chi connectivity index (χ0) is 11.4. The largest absolute Gasteiger partial charge is 0.384 e. The van der Waals surface area contributed by atoms with Gasteiger partial charge in [0.2, 0.25) is 5.95 Å². The molecule has 0 amide bonds. The molecule has 1 aromatic carbocycles. The number of anilines is 2. The highest BCUT2D eigenvalue weighted by Crippen LogP contribution is 2.16. The van der Waals surface area contributed by atoms with Crippen molar-refractivity contribution in [2.45, 2.75) is 13.0 Å². The van der Waals surface area contributed by atoms with E-state index in [1.165, 1.54) is 5.56 Å². The van der Waals surface area contributed by atoms with Crippen LogP contribution in [0.15, 0.2) is 42.6 Å². The Kier molecular flexibility index (Phi) is 3.00. The topological polar surface area (TPSA) is 63.8 Å². The number of hydrogen-bond donors (Lipinski definition) is 2. The van der Waals surface area contributed by atoms with Crippen molar-refractivity contribution in [3.05, 3.63) is 48.2 Å². The van der Waals surface area contributed by atoms with Crippen LogP contribution in [-0.2, 0) is 0 Å². The first-order chi connectivity index (χ1) is 7.75. The predicted octanol–water partition coefficient (Wildman–Crippen LogP) is 2.23. The van der Waals surface area contributed by atoms with Crippen LogP contribution in [0.25, 0.3) is 0 Å². The number of nitrogens with two attached hydrogens (primary N) is 1. The van der Waals surface area contributed by atoms with E-state index in [0.717, 1.165) is 0 Å². The first-order valence-corrected chi connectivity index (χ1v) is 5.16. The molecule has 16 heavy (non-hydrogen) atoms. The minimum absolute atomic E-state index is 0.156. The number of benzene rings is 1. The summed E-state index contributed by atoms with van der Waals surface area (Å²) in [4.78, 5) is 8.20. The molecule has 1 unspecified atom stereocenters. The van der Waals surface area contributed by atoms with E-state index in [1.54, 1.807) is 12.3 Å². The van der Waals surface area contributed by atoms with Crippen molar-refractivity contribution in [3.63, 3.8) is 0 Å². The molecule has 3 N–H and O–H groups in total. The van der Waals surface area contributed by atoms with Gasteiger partial charge in [-0.05, 0) is 18.6 Å². The van der Waals surface area contributed by atoms with E-state index in [2.05, 4.69) is 34.3 Å². The van der Waals surface area contributed by atoms with Crippen LogP contribution in [0.2, 0.25) is 0 Å². The SMILES string of the molecule is CC(Nc1nccc(N)n1)c1ccccc1. The van der Waals surface area contributed by atoms with Crippen molar-refractivity contribution in [1.29, 1.82) is 0 Å². The molecule has 0 aliphatic rings. The molecular formula is C12H14N4. The molecule has 1 aromatic heterocycles. The molecule has 4 nitrogen and oxygen atoms in total. The van der Waals surface area contributed by atoms with Gasteiger partial charge in [-0.1, -0.05) is 30.3 Å². The minimum atomic E-state index is 0.156. The predicted molar refractivity (Wildman–Crippen MR) is 64.9 cm³/mol. The molecule has 82 valence electrons. The van der Waals surface area contributed by atoms with Crippen molar-refractivity contribution < 1.29 is 0 Å². The first-order valence-electron chi connectivity index (χ1n) is 5.16. The van der Waals surface area contributed by atoms with Gasteiger partial charge in [0.1, 0.15) is 5.82 Å². The summed E-state index contributed by atoms with van der Waals surface area (Å²) < 4.78 is 0. The molecule has 4 heteroatoms. The van der Waals surface area contributed by atoms with E-state index in [9.17, 15) is 0 Å². The van der Waals surface area contributed by atoms with E-state index in [-0.39, 0.29) is 6.04 Å². The zero-order valence-corrected chi connectivity index (χ0v) is 9.09. The molecule has 0 bridgehead atoms. The standard InChI is InChI=1S/C12H14N4/c1-9(10-5-3-2-4-6-10)15-12-14-8-7-11(13)16-12/h2-9H,1H3,(H3,13,14,15,16). The maximum absolute atomic E-state index is 5.58. The lowest BCUT2D eigenvalue weighted by atomic mass is 10.1. The summed E-state index contributed by atoms with van der Waals surface area (Å²) in [6.07, 6.45) is 1.64. The Bertz CT molecular complexity index is 456. The summed E-state index contributed by atoms with van der Waals surface area (Å²) in [6, 6.07) is 11.9. The van der Waals surface area contributed by atoms with Crippen LogP contribution in [-0.4, -0.2) is 9.97 Å². The lowest BCUT2D eigenvalue weighted by Crippen LogP contribution is -2.09. The van der Waals surface area contributed by atoms with Gasteiger partial charge >= 0.3 is 0 Å². The van der Waals surface area contributed by atoms with Crippen LogP contribution >= 0.6 is 0 Å². The molecule has 0 radical (unpaired) electrons. The molecule has 0 saturated carbocycles. The average Bonchev–Trinajstić information content (AvgIpc) is 2.30. The summed E-state index contributed by atoms with van der Waals surface area (Å²) >= 11 is 0. The third-order valence-corrected chi connectivity index (χ3v) is 2.32. The number of hydrogen-bond acceptors (Lipinski definition) is 4. The third-order valence-electron chi connectivity index (χ3n) is 2.32. The fraction of sp³-hybridized carbons (Fsp3) is 0.167. The van der Waals surface area contributed by atoms with Gasteiger partial charge in [0.25, 0.3) is 0 Å². The van der Waals surface area contributed by atoms with Crippen LogP contribution in [0.1, 0.15) is 18.5 Å². The molecule has 0 saturated heterocycles. The van der Waals surface area contributed by atoms with Gasteiger partial charge in [-0.25, -0.2) is 4.98 Å². The molecule has 1 heterocycles. The van der Waals surface area contributed by atoms with Gasteiger partial charge in [0.05, 0.1) is 6.04 Å². The maximum atomic E-state index is 5.58. The molecule has 2 aromatic rings. The van der Waals surface area contributed by atoms with Crippen molar-refractivity contribution in [1.82, 2.24) is 9.97 Å². The number of nitrogen functional groups attached to an aromatic ring is 1. The van der Waals surface area contributed by atoms with Gasteiger partial charge in [-0.2, -0.15) is 4.98 Å². The van der Waals surface area contributed by atoms with E-state index in [0.29, 0.717) is 11.8 Å². The number of aromatic nitrogens is 2. The normalized spacial score (nSPS) is 12.1. The van der Waals surface area contributed by atoms with Gasteiger partial charge in [0, 0.05) is 6.20 Å². The molecular weight excluding hydrogens is 200 g/mol. The summed E-state index contributed by atoms with van der Waals surface area (Å²) in [5, 5.41) is 3.20. The monoisotopic (exact) mass is 214 g/mol. The van der Waals surface area contributed by atoms with Crippen molar-refractivity contribution in [3.8, 4) is 0 Å². The van der Waals surface area contributed by atoms with Crippen molar-refractivity contribution in [2.24, 2.45) is 0 Å². The van der Waals surface area contributed by atoms with Gasteiger partial charge in [-0.15, -0.1) is 0 Å². The van der Waals surface area contributed by atoms with E-state index in [1.807, 2.05) is 18.2 Å². The second-order valence-electron chi connectivity index (χ2n) is 3.58. The maximum Gasteiger partial charge on any atom is 0.225 e. The third kappa shape index (κ3) is 2.48. The summed E-state index contributed by atoms with van der Waals surface area (Å²) in [5.74, 6) is 1.02. The highest BCUT2D eigenvalue weighted by atomic mass is 15.1. The first kappa shape index (κ1) is 10.4. The Hall–Kier alpha value is -2.10. The molecule has 0 spiro atoms. The smallest absolute Gasteiger partial charge is 0.225 e. The fourth-order valence-corrected chi connectivity index (χ4v) is 1.46. The summed E-state index contributed by atoms with van der Waals surface area (Å²) in [5.41, 5.74) is 6.77. The van der Waals surface area contributed by atoms with Crippen LogP contribution in [0, 0.1) is 0 Å². The quantitative estimate of drug-likeness (QED) is 0.822. The highest BCUT2D eigenvalue weighted by molar-refractivity contribution is 5.37. The second-order valence-corrected chi connectivity index (χ2v) is 3.58. The number of nitrogens with zero attached hydrogens (tertiary/aromatic N) is 2.